The van der Waals surface area contributed by atoms with Crippen LogP contribution in [0.15, 0.2) is 18.6 Å². The Morgan fingerprint density at radius 1 is 1.38 bits per heavy atom. The Balaban J connectivity index is 1.42. The summed E-state index contributed by atoms with van der Waals surface area (Å²) in [5.41, 5.74) is 0.743. The highest BCUT2D eigenvalue weighted by molar-refractivity contribution is 5.87. The number of aromatic amines is 1. The van der Waals surface area contributed by atoms with E-state index < -0.39 is 6.10 Å². The molecule has 0 unspecified atom stereocenters. The van der Waals surface area contributed by atoms with Gasteiger partial charge in [0.15, 0.2) is 0 Å². The Hall–Kier alpha value is -2.68. The number of nitrogens with one attached hydrogen (secondary N) is 3. The van der Waals surface area contributed by atoms with Gasteiger partial charge in [-0.2, -0.15) is 0 Å². The molecule has 9 nitrogen and oxygen atoms in total. The molecule has 0 radical (unpaired) electrons. The fraction of sp³-hybridized carbons (Fsp3) is 0.529. The Kier molecular flexibility index (Phi) is 4.46. The molecule has 4 heterocycles. The maximum atomic E-state index is 12.3. The van der Waals surface area contributed by atoms with Crippen LogP contribution in [-0.4, -0.2) is 63.1 Å². The number of aromatic nitrogens is 3. The predicted molar refractivity (Wildman–Crippen MR) is 94.4 cm³/mol. The fourth-order valence-corrected chi connectivity index (χ4v) is 3.80. The number of piperidine rings is 1. The van der Waals surface area contributed by atoms with Crippen LogP contribution in [0.3, 0.4) is 0 Å². The lowest BCUT2D eigenvalue weighted by Crippen LogP contribution is -2.53. The standard InChI is InChI=1S/C17H22N6O3/c24-12-5-11(22-15(26)6-10-1-2-14(25)21-10)7-23(8-12)17-13-3-4-18-16(13)19-9-20-17/h3-4,9-12,24H,1-2,5-8H2,(H,21,25)(H,22,26)(H,18,19,20)/t10-,11-,12+/m0/s1. The van der Waals surface area contributed by atoms with Crippen LogP contribution in [0.1, 0.15) is 25.7 Å². The number of fused-ring (bicyclic) bond motifs is 1. The predicted octanol–water partition coefficient (Wildman–Crippen LogP) is -0.318. The number of hydrogen-bond acceptors (Lipinski definition) is 6. The van der Waals surface area contributed by atoms with Crippen molar-refractivity contribution in [2.75, 3.05) is 18.0 Å². The van der Waals surface area contributed by atoms with Crippen LogP contribution in [-0.2, 0) is 9.59 Å². The van der Waals surface area contributed by atoms with Crippen molar-refractivity contribution < 1.29 is 14.7 Å². The average molecular weight is 358 g/mol. The highest BCUT2D eigenvalue weighted by Crippen LogP contribution is 2.25. The molecule has 0 spiro atoms. The van der Waals surface area contributed by atoms with E-state index in [2.05, 4.69) is 25.6 Å². The minimum Gasteiger partial charge on any atom is -0.391 e. The molecule has 2 aromatic heterocycles. The third kappa shape index (κ3) is 3.48. The molecule has 26 heavy (non-hydrogen) atoms. The Bertz CT molecular complexity index is 822. The Labute approximate surface area is 150 Å². The summed E-state index contributed by atoms with van der Waals surface area (Å²) in [6.07, 6.45) is 4.69. The summed E-state index contributed by atoms with van der Waals surface area (Å²) < 4.78 is 0. The minimum atomic E-state index is -0.552. The third-order valence-electron chi connectivity index (χ3n) is 4.94. The average Bonchev–Trinajstić information content (AvgIpc) is 3.22. The van der Waals surface area contributed by atoms with Crippen LogP contribution in [0.25, 0.3) is 11.0 Å². The van der Waals surface area contributed by atoms with Gasteiger partial charge >= 0.3 is 0 Å². The lowest BCUT2D eigenvalue weighted by molar-refractivity contribution is -0.122. The van der Waals surface area contributed by atoms with Gasteiger partial charge in [-0.15, -0.1) is 0 Å². The number of nitrogens with zero attached hydrogens (tertiary/aromatic N) is 3. The summed E-state index contributed by atoms with van der Waals surface area (Å²) in [4.78, 5) is 37.1. The van der Waals surface area contributed by atoms with Crippen LogP contribution < -0.4 is 15.5 Å². The van der Waals surface area contributed by atoms with Crippen LogP contribution in [0.2, 0.25) is 0 Å². The van der Waals surface area contributed by atoms with Gasteiger partial charge in [-0.05, 0) is 18.9 Å². The second kappa shape index (κ2) is 6.91. The van der Waals surface area contributed by atoms with Crippen molar-refractivity contribution in [3.8, 4) is 0 Å². The van der Waals surface area contributed by atoms with Gasteiger partial charge in [0.25, 0.3) is 0 Å². The molecule has 4 N–H and O–H groups in total. The van der Waals surface area contributed by atoms with Crippen molar-refractivity contribution in [2.45, 2.75) is 43.9 Å². The molecule has 3 atom stereocenters. The maximum absolute atomic E-state index is 12.3. The van der Waals surface area contributed by atoms with Gasteiger partial charge in [0.2, 0.25) is 11.8 Å². The number of anilines is 1. The van der Waals surface area contributed by atoms with E-state index >= 15 is 0 Å². The number of H-pyrrole nitrogens is 1. The van der Waals surface area contributed by atoms with E-state index in [1.165, 1.54) is 6.33 Å². The van der Waals surface area contributed by atoms with Crippen molar-refractivity contribution in [3.05, 3.63) is 18.6 Å². The quantitative estimate of drug-likeness (QED) is 0.594. The number of hydrogen-bond donors (Lipinski definition) is 4. The summed E-state index contributed by atoms with van der Waals surface area (Å²) in [6, 6.07) is 1.64. The van der Waals surface area contributed by atoms with Gasteiger partial charge in [-0.1, -0.05) is 0 Å². The molecule has 2 aromatic rings. The lowest BCUT2D eigenvalue weighted by Gasteiger charge is -2.37. The zero-order chi connectivity index (χ0) is 18.1. The summed E-state index contributed by atoms with van der Waals surface area (Å²) in [5.74, 6) is 0.643. The molecule has 0 aliphatic carbocycles. The number of carbonyl (C=O) groups is 2. The molecule has 4 rings (SSSR count). The molecule has 2 fully saturated rings. The van der Waals surface area contributed by atoms with Crippen molar-refractivity contribution in [2.24, 2.45) is 0 Å². The van der Waals surface area contributed by atoms with Crippen molar-refractivity contribution in [1.82, 2.24) is 25.6 Å². The molecule has 2 aliphatic rings. The molecule has 2 saturated heterocycles. The zero-order valence-electron chi connectivity index (χ0n) is 14.3. The number of β-amino-alcohol motifs (C(OH)–C–C–N with tert-alkyl or cyclic N) is 1. The number of amides is 2. The topological polar surface area (TPSA) is 123 Å². The van der Waals surface area contributed by atoms with Crippen molar-refractivity contribution >= 4 is 28.7 Å². The normalized spacial score (nSPS) is 26.1. The first-order valence-electron chi connectivity index (χ1n) is 8.88. The monoisotopic (exact) mass is 358 g/mol. The van der Waals surface area contributed by atoms with Crippen LogP contribution in [0.4, 0.5) is 5.82 Å². The fourth-order valence-electron chi connectivity index (χ4n) is 3.80. The van der Waals surface area contributed by atoms with Gasteiger partial charge in [0, 0.05) is 44.2 Å². The number of rotatable bonds is 4. The molecule has 0 bridgehead atoms. The first-order valence-corrected chi connectivity index (χ1v) is 8.88. The van der Waals surface area contributed by atoms with Gasteiger partial charge in [-0.3, -0.25) is 9.59 Å². The van der Waals surface area contributed by atoms with E-state index in [-0.39, 0.29) is 30.3 Å². The van der Waals surface area contributed by atoms with E-state index in [1.54, 1.807) is 6.20 Å². The molecular formula is C17H22N6O3. The van der Waals surface area contributed by atoms with Gasteiger partial charge in [0.05, 0.1) is 11.5 Å². The van der Waals surface area contributed by atoms with Crippen LogP contribution in [0, 0.1) is 0 Å². The summed E-state index contributed by atoms with van der Waals surface area (Å²) in [6.45, 7) is 1.03. The highest BCUT2D eigenvalue weighted by atomic mass is 16.3. The highest BCUT2D eigenvalue weighted by Gasteiger charge is 2.30. The first-order chi connectivity index (χ1) is 12.6. The minimum absolute atomic E-state index is 0.00125. The molecular weight excluding hydrogens is 336 g/mol. The summed E-state index contributed by atoms with van der Waals surface area (Å²) in [7, 11) is 0. The van der Waals surface area contributed by atoms with Crippen molar-refractivity contribution in [1.29, 1.82) is 0 Å². The largest absolute Gasteiger partial charge is 0.391 e. The van der Waals surface area contributed by atoms with Gasteiger partial charge < -0.3 is 25.6 Å². The molecule has 0 aromatic carbocycles. The van der Waals surface area contributed by atoms with E-state index in [0.717, 1.165) is 16.9 Å². The van der Waals surface area contributed by atoms with Gasteiger partial charge in [0.1, 0.15) is 17.8 Å². The second-order valence-electron chi connectivity index (χ2n) is 7.00. The van der Waals surface area contributed by atoms with E-state index in [4.69, 9.17) is 0 Å². The van der Waals surface area contributed by atoms with Crippen LogP contribution in [0.5, 0.6) is 0 Å². The van der Waals surface area contributed by atoms with E-state index in [0.29, 0.717) is 32.4 Å². The number of carbonyl (C=O) groups excluding carboxylic acids is 2. The van der Waals surface area contributed by atoms with Crippen LogP contribution >= 0.6 is 0 Å². The molecule has 2 amide bonds. The summed E-state index contributed by atoms with van der Waals surface area (Å²) in [5, 5.41) is 16.9. The molecule has 9 heteroatoms. The SMILES string of the molecule is O=C1CC[C@@H](CC(=O)N[C@H]2C[C@@H](O)CN(c3ncnc4[nH]ccc34)C2)N1. The number of aliphatic hydroxyl groups is 1. The second-order valence-corrected chi connectivity index (χ2v) is 7.00. The van der Waals surface area contributed by atoms with Crippen molar-refractivity contribution in [3.63, 3.8) is 0 Å². The van der Waals surface area contributed by atoms with E-state index in [1.807, 2.05) is 11.0 Å². The maximum Gasteiger partial charge on any atom is 0.222 e. The smallest absolute Gasteiger partial charge is 0.222 e. The Morgan fingerprint density at radius 2 is 2.27 bits per heavy atom. The first kappa shape index (κ1) is 16.8. The Morgan fingerprint density at radius 3 is 3.08 bits per heavy atom. The molecule has 2 aliphatic heterocycles. The third-order valence-corrected chi connectivity index (χ3v) is 4.94. The lowest BCUT2D eigenvalue weighted by atomic mass is 10.0. The van der Waals surface area contributed by atoms with Gasteiger partial charge in [-0.25, -0.2) is 9.97 Å². The summed E-state index contributed by atoms with van der Waals surface area (Å²) >= 11 is 0. The molecule has 0 saturated carbocycles. The molecule has 138 valence electrons. The number of aliphatic hydroxyl groups excluding tert-OH is 1. The van der Waals surface area contributed by atoms with E-state index in [9.17, 15) is 14.7 Å². The zero-order valence-corrected chi connectivity index (χ0v) is 14.3.